The fourth-order valence-corrected chi connectivity index (χ4v) is 4.70. The number of hydrogen-bond donors (Lipinski definition) is 1. The predicted octanol–water partition coefficient (Wildman–Crippen LogP) is 4.12. The van der Waals surface area contributed by atoms with Gasteiger partial charge in [0.05, 0.1) is 29.9 Å². The number of anilines is 1. The first kappa shape index (κ1) is 19.9. The van der Waals surface area contributed by atoms with Crippen molar-refractivity contribution in [2.24, 2.45) is 0 Å². The summed E-state index contributed by atoms with van der Waals surface area (Å²) in [7, 11) is 0. The summed E-state index contributed by atoms with van der Waals surface area (Å²) >= 11 is 0. The van der Waals surface area contributed by atoms with E-state index in [4.69, 9.17) is 14.7 Å². The Morgan fingerprint density at radius 3 is 2.55 bits per heavy atom. The van der Waals surface area contributed by atoms with E-state index in [1.807, 2.05) is 26.8 Å². The van der Waals surface area contributed by atoms with E-state index in [1.165, 1.54) is 0 Å². The number of imidazole rings is 1. The molecule has 166 valence electrons. The van der Waals surface area contributed by atoms with Gasteiger partial charge in [0.1, 0.15) is 17.2 Å². The van der Waals surface area contributed by atoms with Crippen LogP contribution in [0.5, 0.6) is 0 Å². The lowest BCUT2D eigenvalue weighted by Gasteiger charge is -2.29. The zero-order valence-electron chi connectivity index (χ0n) is 19.0. The minimum absolute atomic E-state index is 0.710. The molecule has 1 aliphatic rings. The number of aromatic nitrogens is 6. The number of benzene rings is 2. The molecule has 1 fully saturated rings. The summed E-state index contributed by atoms with van der Waals surface area (Å²) in [6, 6.07) is 14.8. The first-order chi connectivity index (χ1) is 16.1. The minimum atomic E-state index is 0.710. The molecule has 4 heterocycles. The number of pyridine rings is 1. The summed E-state index contributed by atoms with van der Waals surface area (Å²) in [6.07, 6.45) is 0. The first-order valence-corrected chi connectivity index (χ1v) is 11.2. The molecular formula is C25H25N7O. The van der Waals surface area contributed by atoms with Crippen LogP contribution in [0.3, 0.4) is 0 Å². The highest BCUT2D eigenvalue weighted by Gasteiger charge is 2.21. The number of morpholine rings is 1. The van der Waals surface area contributed by atoms with Crippen molar-refractivity contribution in [2.75, 3.05) is 31.2 Å². The SMILES string of the molecule is Cc1cc(-n2c(C)nc3c(-c4nc(C)n[nH]4)cc(N4CCOCC4)cc32)c2ccccc2n1. The number of aryl methyl sites for hydroxylation is 3. The van der Waals surface area contributed by atoms with Gasteiger partial charge in [-0.15, -0.1) is 0 Å². The summed E-state index contributed by atoms with van der Waals surface area (Å²) in [5.74, 6) is 2.35. The fraction of sp³-hybridized carbons (Fsp3) is 0.280. The number of rotatable bonds is 3. The molecule has 0 bridgehead atoms. The Kier molecular flexibility index (Phi) is 4.62. The summed E-state index contributed by atoms with van der Waals surface area (Å²) in [4.78, 5) is 16.7. The van der Waals surface area contributed by atoms with E-state index in [1.54, 1.807) is 0 Å². The van der Waals surface area contributed by atoms with E-state index in [-0.39, 0.29) is 0 Å². The van der Waals surface area contributed by atoms with E-state index in [0.717, 1.165) is 82.5 Å². The molecule has 0 saturated carbocycles. The lowest BCUT2D eigenvalue weighted by molar-refractivity contribution is 0.122. The van der Waals surface area contributed by atoms with Crippen LogP contribution >= 0.6 is 0 Å². The molecule has 0 radical (unpaired) electrons. The third kappa shape index (κ3) is 3.34. The van der Waals surface area contributed by atoms with Crippen LogP contribution in [0.1, 0.15) is 17.3 Å². The van der Waals surface area contributed by atoms with Crippen molar-refractivity contribution in [3.8, 4) is 17.1 Å². The Bertz CT molecular complexity index is 1490. The standard InChI is InChI=1S/C25H25N7O/c1-15-12-22(19-6-4-5-7-21(19)26-15)32-17(3)28-24-20(25-27-16(2)29-30-25)13-18(14-23(24)32)31-8-10-33-11-9-31/h4-7,12-14H,8-11H2,1-3H3,(H,27,29,30). The molecule has 8 nitrogen and oxygen atoms in total. The van der Waals surface area contributed by atoms with Gasteiger partial charge in [-0.3, -0.25) is 14.6 Å². The minimum Gasteiger partial charge on any atom is -0.378 e. The monoisotopic (exact) mass is 439 g/mol. The summed E-state index contributed by atoms with van der Waals surface area (Å²) in [5, 5.41) is 8.45. The Labute approximate surface area is 191 Å². The second-order valence-corrected chi connectivity index (χ2v) is 8.49. The van der Waals surface area contributed by atoms with Crippen LogP contribution in [0.4, 0.5) is 5.69 Å². The molecule has 0 atom stereocenters. The molecule has 0 spiro atoms. The maximum Gasteiger partial charge on any atom is 0.158 e. The summed E-state index contributed by atoms with van der Waals surface area (Å²) in [5.41, 5.74) is 7.05. The predicted molar refractivity (Wildman–Crippen MR) is 129 cm³/mol. The van der Waals surface area contributed by atoms with Crippen LogP contribution in [0.25, 0.3) is 39.0 Å². The third-order valence-electron chi connectivity index (χ3n) is 6.20. The number of aromatic amines is 1. The molecule has 5 aromatic rings. The van der Waals surface area contributed by atoms with Crippen LogP contribution in [-0.2, 0) is 4.74 Å². The number of ether oxygens (including phenoxy) is 1. The highest BCUT2D eigenvalue weighted by molar-refractivity contribution is 5.97. The zero-order valence-corrected chi connectivity index (χ0v) is 19.0. The number of hydrogen-bond acceptors (Lipinski definition) is 6. The smallest absolute Gasteiger partial charge is 0.158 e. The Morgan fingerprint density at radius 1 is 0.939 bits per heavy atom. The van der Waals surface area contributed by atoms with Gasteiger partial charge in [0.2, 0.25) is 0 Å². The van der Waals surface area contributed by atoms with Crippen molar-refractivity contribution in [3.63, 3.8) is 0 Å². The molecular weight excluding hydrogens is 414 g/mol. The van der Waals surface area contributed by atoms with Gasteiger partial charge in [-0.1, -0.05) is 18.2 Å². The molecule has 0 amide bonds. The Morgan fingerprint density at radius 2 is 1.76 bits per heavy atom. The Hall–Kier alpha value is -3.78. The van der Waals surface area contributed by atoms with E-state index < -0.39 is 0 Å². The number of H-pyrrole nitrogens is 1. The van der Waals surface area contributed by atoms with Gasteiger partial charge in [-0.2, -0.15) is 5.10 Å². The molecule has 2 aromatic carbocycles. The van der Waals surface area contributed by atoms with Crippen LogP contribution in [0.2, 0.25) is 0 Å². The largest absolute Gasteiger partial charge is 0.378 e. The number of nitrogens with zero attached hydrogens (tertiary/aromatic N) is 6. The molecule has 3 aromatic heterocycles. The van der Waals surface area contributed by atoms with Gasteiger partial charge in [0, 0.05) is 35.4 Å². The molecule has 1 saturated heterocycles. The van der Waals surface area contributed by atoms with Crippen molar-refractivity contribution in [1.29, 1.82) is 0 Å². The van der Waals surface area contributed by atoms with Crippen LogP contribution in [-0.4, -0.2) is 56.0 Å². The number of nitrogens with one attached hydrogen (secondary N) is 1. The van der Waals surface area contributed by atoms with E-state index in [0.29, 0.717) is 5.82 Å². The highest BCUT2D eigenvalue weighted by Crippen LogP contribution is 2.35. The van der Waals surface area contributed by atoms with Crippen molar-refractivity contribution in [3.05, 3.63) is 59.8 Å². The number of fused-ring (bicyclic) bond motifs is 2. The average molecular weight is 440 g/mol. The lowest BCUT2D eigenvalue weighted by Crippen LogP contribution is -2.36. The Balaban J connectivity index is 1.67. The van der Waals surface area contributed by atoms with Gasteiger partial charge in [-0.05, 0) is 45.0 Å². The van der Waals surface area contributed by atoms with Gasteiger partial charge in [-0.25, -0.2) is 9.97 Å². The summed E-state index contributed by atoms with van der Waals surface area (Å²) < 4.78 is 7.83. The number of para-hydroxylation sites is 1. The van der Waals surface area contributed by atoms with E-state index in [9.17, 15) is 0 Å². The highest BCUT2D eigenvalue weighted by atomic mass is 16.5. The van der Waals surface area contributed by atoms with Crippen molar-refractivity contribution in [1.82, 2.24) is 29.7 Å². The molecule has 6 rings (SSSR count). The van der Waals surface area contributed by atoms with Crippen LogP contribution < -0.4 is 4.90 Å². The fourth-order valence-electron chi connectivity index (χ4n) is 4.70. The topological polar surface area (TPSA) is 84.8 Å². The maximum absolute atomic E-state index is 5.59. The molecule has 1 aliphatic heterocycles. The molecule has 33 heavy (non-hydrogen) atoms. The van der Waals surface area contributed by atoms with E-state index in [2.05, 4.69) is 61.0 Å². The van der Waals surface area contributed by atoms with Gasteiger partial charge < -0.3 is 9.64 Å². The van der Waals surface area contributed by atoms with Crippen LogP contribution in [0.15, 0.2) is 42.5 Å². The van der Waals surface area contributed by atoms with Crippen molar-refractivity contribution in [2.45, 2.75) is 20.8 Å². The second kappa shape index (κ2) is 7.67. The van der Waals surface area contributed by atoms with Crippen LogP contribution in [0, 0.1) is 20.8 Å². The van der Waals surface area contributed by atoms with Gasteiger partial charge in [0.25, 0.3) is 0 Å². The molecule has 1 N–H and O–H groups in total. The maximum atomic E-state index is 5.59. The zero-order chi connectivity index (χ0) is 22.5. The lowest BCUT2D eigenvalue weighted by atomic mass is 10.1. The normalized spacial score (nSPS) is 14.5. The van der Waals surface area contributed by atoms with Gasteiger partial charge >= 0.3 is 0 Å². The van der Waals surface area contributed by atoms with Crippen molar-refractivity contribution < 1.29 is 4.74 Å². The first-order valence-electron chi connectivity index (χ1n) is 11.2. The molecule has 8 heteroatoms. The van der Waals surface area contributed by atoms with Crippen molar-refractivity contribution >= 4 is 27.6 Å². The van der Waals surface area contributed by atoms with Gasteiger partial charge in [0.15, 0.2) is 5.82 Å². The summed E-state index contributed by atoms with van der Waals surface area (Å²) in [6.45, 7) is 9.12. The average Bonchev–Trinajstić information content (AvgIpc) is 3.40. The third-order valence-corrected chi connectivity index (χ3v) is 6.20. The van der Waals surface area contributed by atoms with E-state index >= 15 is 0 Å². The quantitative estimate of drug-likeness (QED) is 0.455. The second-order valence-electron chi connectivity index (χ2n) is 8.49. The molecule has 0 aliphatic carbocycles. The molecule has 0 unspecified atom stereocenters.